The summed E-state index contributed by atoms with van der Waals surface area (Å²) in [4.78, 5) is 25.0. The second kappa shape index (κ2) is 4.84. The highest BCUT2D eigenvalue weighted by Gasteiger charge is 2.34. The molecule has 1 aromatic heterocycles. The van der Waals surface area contributed by atoms with Gasteiger partial charge < -0.3 is 14.4 Å². The Morgan fingerprint density at radius 3 is 2.50 bits per heavy atom. The number of carboxylic acid groups (broad SMARTS) is 1. The van der Waals surface area contributed by atoms with Crippen molar-refractivity contribution in [2.75, 3.05) is 6.54 Å². The molecule has 1 heterocycles. The van der Waals surface area contributed by atoms with Gasteiger partial charge in [0.2, 0.25) is 0 Å². The van der Waals surface area contributed by atoms with Crippen molar-refractivity contribution in [3.8, 4) is 0 Å². The van der Waals surface area contributed by atoms with Crippen molar-refractivity contribution in [1.82, 2.24) is 4.90 Å². The monoisotopic (exact) mass is 251 g/mol. The number of carbonyl (C=O) groups is 2. The number of aryl methyl sites for hydroxylation is 1. The van der Waals surface area contributed by atoms with E-state index in [0.29, 0.717) is 24.8 Å². The maximum absolute atomic E-state index is 12.2. The van der Waals surface area contributed by atoms with Gasteiger partial charge in [0.15, 0.2) is 5.76 Å². The highest BCUT2D eigenvalue weighted by atomic mass is 16.4. The summed E-state index contributed by atoms with van der Waals surface area (Å²) in [7, 11) is 0. The van der Waals surface area contributed by atoms with Crippen LogP contribution in [0.2, 0.25) is 0 Å². The van der Waals surface area contributed by atoms with E-state index in [9.17, 15) is 9.59 Å². The first-order valence-electron chi connectivity index (χ1n) is 6.25. The van der Waals surface area contributed by atoms with Crippen molar-refractivity contribution in [2.24, 2.45) is 0 Å². The predicted octanol–water partition coefficient (Wildman–Crippen LogP) is 2.16. The molecule has 1 fully saturated rings. The molecule has 0 radical (unpaired) electrons. The summed E-state index contributed by atoms with van der Waals surface area (Å²) in [5.74, 6) is -0.762. The molecule has 0 atom stereocenters. The molecule has 0 unspecified atom stereocenters. The van der Waals surface area contributed by atoms with E-state index in [2.05, 4.69) is 0 Å². The molecule has 0 aliphatic heterocycles. The van der Waals surface area contributed by atoms with Gasteiger partial charge in [0.05, 0.1) is 0 Å². The fourth-order valence-electron chi connectivity index (χ4n) is 2.07. The lowest BCUT2D eigenvalue weighted by molar-refractivity contribution is 0.0690. The summed E-state index contributed by atoms with van der Waals surface area (Å²) in [6.07, 6.45) is 2.50. The topological polar surface area (TPSA) is 70.8 Å². The number of aromatic carboxylic acids is 1. The largest absolute Gasteiger partial charge is 0.478 e. The van der Waals surface area contributed by atoms with Crippen LogP contribution in [0.4, 0.5) is 0 Å². The van der Waals surface area contributed by atoms with Crippen LogP contribution in [0.5, 0.6) is 0 Å². The van der Waals surface area contributed by atoms with Crippen LogP contribution < -0.4 is 0 Å². The molecule has 5 nitrogen and oxygen atoms in total. The van der Waals surface area contributed by atoms with E-state index in [4.69, 9.17) is 9.52 Å². The molecule has 0 aromatic carbocycles. The molecule has 1 aliphatic rings. The van der Waals surface area contributed by atoms with Gasteiger partial charge in [-0.3, -0.25) is 4.79 Å². The SMILES string of the molecule is CCc1oc(C(=O)N(CC)C2CC2)cc1C(=O)O. The number of rotatable bonds is 5. The highest BCUT2D eigenvalue weighted by molar-refractivity contribution is 5.96. The van der Waals surface area contributed by atoms with Gasteiger partial charge in [0, 0.05) is 25.1 Å². The van der Waals surface area contributed by atoms with Gasteiger partial charge in [0.25, 0.3) is 5.91 Å². The number of amides is 1. The summed E-state index contributed by atoms with van der Waals surface area (Å²) in [6, 6.07) is 1.64. The number of hydrogen-bond acceptors (Lipinski definition) is 3. The quantitative estimate of drug-likeness (QED) is 0.870. The van der Waals surface area contributed by atoms with E-state index in [1.54, 1.807) is 11.8 Å². The lowest BCUT2D eigenvalue weighted by Crippen LogP contribution is -2.32. The fraction of sp³-hybridized carbons (Fsp3) is 0.538. The van der Waals surface area contributed by atoms with Gasteiger partial charge in [-0.2, -0.15) is 0 Å². The summed E-state index contributed by atoms with van der Waals surface area (Å²) in [6.45, 7) is 4.34. The standard InChI is InChI=1S/C13H17NO4/c1-3-10-9(13(16)17)7-11(18-10)12(15)14(4-2)8-5-6-8/h7-8H,3-6H2,1-2H3,(H,16,17). The van der Waals surface area contributed by atoms with Crippen molar-refractivity contribution in [2.45, 2.75) is 39.2 Å². The Labute approximate surface area is 105 Å². The molecule has 1 saturated carbocycles. The van der Waals surface area contributed by atoms with Gasteiger partial charge in [-0.15, -0.1) is 0 Å². The zero-order valence-corrected chi connectivity index (χ0v) is 10.6. The van der Waals surface area contributed by atoms with E-state index in [1.165, 1.54) is 6.07 Å². The first kappa shape index (κ1) is 12.7. The van der Waals surface area contributed by atoms with Crippen LogP contribution in [0.3, 0.4) is 0 Å². The van der Waals surface area contributed by atoms with Crippen LogP contribution in [0.1, 0.15) is 53.4 Å². The third-order valence-electron chi connectivity index (χ3n) is 3.16. The van der Waals surface area contributed by atoms with E-state index in [0.717, 1.165) is 12.8 Å². The molecule has 0 spiro atoms. The van der Waals surface area contributed by atoms with Crippen LogP contribution in [0.25, 0.3) is 0 Å². The minimum absolute atomic E-state index is 0.0905. The van der Waals surface area contributed by atoms with Crippen LogP contribution >= 0.6 is 0 Å². The first-order chi connectivity index (χ1) is 8.58. The molecule has 2 rings (SSSR count). The number of nitrogens with zero attached hydrogens (tertiary/aromatic N) is 1. The molecule has 0 bridgehead atoms. The Morgan fingerprint density at radius 1 is 1.44 bits per heavy atom. The van der Waals surface area contributed by atoms with Crippen LogP contribution in [0, 0.1) is 0 Å². The Morgan fingerprint density at radius 2 is 2.11 bits per heavy atom. The maximum atomic E-state index is 12.2. The molecule has 0 saturated heterocycles. The Kier molecular flexibility index (Phi) is 3.41. The van der Waals surface area contributed by atoms with Crippen molar-refractivity contribution in [3.05, 3.63) is 23.2 Å². The van der Waals surface area contributed by atoms with Crippen LogP contribution in [0.15, 0.2) is 10.5 Å². The van der Waals surface area contributed by atoms with Gasteiger partial charge in [-0.1, -0.05) is 6.92 Å². The molecule has 1 amide bonds. The molecular formula is C13H17NO4. The molecule has 1 aromatic rings. The molecule has 1 N–H and O–H groups in total. The van der Waals surface area contributed by atoms with Gasteiger partial charge in [-0.25, -0.2) is 4.79 Å². The second-order valence-electron chi connectivity index (χ2n) is 4.43. The van der Waals surface area contributed by atoms with Crippen molar-refractivity contribution in [1.29, 1.82) is 0 Å². The van der Waals surface area contributed by atoms with Crippen molar-refractivity contribution < 1.29 is 19.1 Å². The smallest absolute Gasteiger partial charge is 0.339 e. The average Bonchev–Trinajstić information content (AvgIpc) is 3.07. The summed E-state index contributed by atoms with van der Waals surface area (Å²) >= 11 is 0. The molecule has 18 heavy (non-hydrogen) atoms. The third-order valence-corrected chi connectivity index (χ3v) is 3.16. The summed E-state index contributed by atoms with van der Waals surface area (Å²) in [5, 5.41) is 9.02. The maximum Gasteiger partial charge on any atom is 0.339 e. The third kappa shape index (κ3) is 2.25. The molecular weight excluding hydrogens is 234 g/mol. The lowest BCUT2D eigenvalue weighted by atomic mass is 10.2. The van der Waals surface area contributed by atoms with Gasteiger partial charge >= 0.3 is 5.97 Å². The van der Waals surface area contributed by atoms with Crippen molar-refractivity contribution in [3.63, 3.8) is 0 Å². The summed E-state index contributed by atoms with van der Waals surface area (Å²) in [5.41, 5.74) is 0.0905. The van der Waals surface area contributed by atoms with Gasteiger partial charge in [0.1, 0.15) is 11.3 Å². The number of carboxylic acids is 1. The predicted molar refractivity (Wildman–Crippen MR) is 64.8 cm³/mol. The van der Waals surface area contributed by atoms with Crippen LogP contribution in [-0.2, 0) is 6.42 Å². The fourth-order valence-corrected chi connectivity index (χ4v) is 2.07. The lowest BCUT2D eigenvalue weighted by Gasteiger charge is -2.18. The zero-order valence-electron chi connectivity index (χ0n) is 10.6. The van der Waals surface area contributed by atoms with Crippen molar-refractivity contribution >= 4 is 11.9 Å². The van der Waals surface area contributed by atoms with E-state index in [-0.39, 0.29) is 17.2 Å². The van der Waals surface area contributed by atoms with Crippen LogP contribution in [-0.4, -0.2) is 34.5 Å². The van der Waals surface area contributed by atoms with E-state index in [1.807, 2.05) is 6.92 Å². The highest BCUT2D eigenvalue weighted by Crippen LogP contribution is 2.29. The number of furan rings is 1. The van der Waals surface area contributed by atoms with E-state index < -0.39 is 5.97 Å². The molecule has 5 heteroatoms. The average molecular weight is 251 g/mol. The minimum Gasteiger partial charge on any atom is -0.478 e. The zero-order chi connectivity index (χ0) is 13.3. The van der Waals surface area contributed by atoms with E-state index >= 15 is 0 Å². The number of carbonyl (C=O) groups excluding carboxylic acids is 1. The van der Waals surface area contributed by atoms with Gasteiger partial charge in [-0.05, 0) is 19.8 Å². The summed E-state index contributed by atoms with van der Waals surface area (Å²) < 4.78 is 5.38. The first-order valence-corrected chi connectivity index (χ1v) is 6.25. The Hall–Kier alpha value is -1.78. The minimum atomic E-state index is -1.05. The molecule has 98 valence electrons. The molecule has 1 aliphatic carbocycles. The number of hydrogen-bond donors (Lipinski definition) is 1. The Bertz CT molecular complexity index is 473. The Balaban J connectivity index is 2.27. The second-order valence-corrected chi connectivity index (χ2v) is 4.43. The normalized spacial score (nSPS) is 14.6.